The van der Waals surface area contributed by atoms with Gasteiger partial charge >= 0.3 is 0 Å². The van der Waals surface area contributed by atoms with Gasteiger partial charge in [-0.15, -0.1) is 0 Å². The van der Waals surface area contributed by atoms with E-state index in [1.54, 1.807) is 20.3 Å². The largest absolute Gasteiger partial charge is 0.494 e. The summed E-state index contributed by atoms with van der Waals surface area (Å²) < 4.78 is 16.2. The van der Waals surface area contributed by atoms with Gasteiger partial charge in [0.05, 0.1) is 31.1 Å². The second-order valence-electron chi connectivity index (χ2n) is 7.85. The maximum absolute atomic E-state index is 13.7. The molecule has 0 aliphatic carbocycles. The number of carbonyl (C=O) groups is 2. The molecule has 1 heterocycles. The van der Waals surface area contributed by atoms with Crippen molar-refractivity contribution in [3.8, 4) is 5.75 Å². The van der Waals surface area contributed by atoms with Gasteiger partial charge in [-0.1, -0.05) is 31.2 Å². The van der Waals surface area contributed by atoms with Gasteiger partial charge in [0.15, 0.2) is 0 Å². The highest BCUT2D eigenvalue weighted by Crippen LogP contribution is 2.35. The van der Waals surface area contributed by atoms with E-state index in [-0.39, 0.29) is 11.8 Å². The van der Waals surface area contributed by atoms with Crippen LogP contribution < -0.4 is 9.64 Å². The molecule has 3 rings (SSSR count). The molecule has 0 N–H and O–H groups in total. The van der Waals surface area contributed by atoms with Crippen molar-refractivity contribution in [3.63, 3.8) is 0 Å². The lowest BCUT2D eigenvalue weighted by Gasteiger charge is -2.25. The molecule has 1 aliphatic rings. The van der Waals surface area contributed by atoms with E-state index in [9.17, 15) is 9.59 Å². The first-order chi connectivity index (χ1) is 16.0. The van der Waals surface area contributed by atoms with Crippen LogP contribution in [0.2, 0.25) is 0 Å². The second kappa shape index (κ2) is 11.6. The number of rotatable bonds is 12. The fraction of sp³-hybridized carbons (Fsp3) is 0.385. The van der Waals surface area contributed by atoms with Crippen molar-refractivity contribution in [3.05, 3.63) is 65.4 Å². The number of aryl methyl sites for hydroxylation is 1. The highest BCUT2D eigenvalue weighted by molar-refractivity contribution is 6.45. The molecule has 2 aromatic rings. The van der Waals surface area contributed by atoms with Gasteiger partial charge in [0.25, 0.3) is 11.8 Å². The summed E-state index contributed by atoms with van der Waals surface area (Å²) in [7, 11) is 3.22. The predicted octanol–water partition coefficient (Wildman–Crippen LogP) is 3.66. The Morgan fingerprint density at radius 1 is 0.879 bits per heavy atom. The van der Waals surface area contributed by atoms with Crippen LogP contribution in [0.3, 0.4) is 0 Å². The molecule has 2 amide bonds. The van der Waals surface area contributed by atoms with Crippen LogP contribution in [0.25, 0.3) is 5.57 Å². The molecule has 0 aromatic heterocycles. The molecule has 7 nitrogen and oxygen atoms in total. The molecule has 7 heteroatoms. The average Bonchev–Trinajstić information content (AvgIpc) is 3.08. The number of benzene rings is 2. The Morgan fingerprint density at radius 3 is 2.12 bits per heavy atom. The normalized spacial score (nSPS) is 13.8. The Bertz CT molecular complexity index is 992. The highest BCUT2D eigenvalue weighted by atomic mass is 16.5. The minimum Gasteiger partial charge on any atom is -0.494 e. The van der Waals surface area contributed by atoms with E-state index in [0.717, 1.165) is 17.7 Å². The molecule has 0 unspecified atom stereocenters. The number of hydrogen-bond donors (Lipinski definition) is 0. The van der Waals surface area contributed by atoms with Gasteiger partial charge in [-0.3, -0.25) is 9.59 Å². The molecule has 1 aliphatic heterocycles. The molecule has 176 valence electrons. The standard InChI is InChI=1S/C26H32N2O5/c1-5-15-33-22-11-9-20(10-12-22)23-24(27(13-16-31-3)14-17-32-4)26(30)28(25(23)29)21-8-6-7-19(2)18-21/h6-12,18H,5,13-17H2,1-4H3. The predicted molar refractivity (Wildman–Crippen MR) is 128 cm³/mol. The lowest BCUT2D eigenvalue weighted by molar-refractivity contribution is -0.120. The van der Waals surface area contributed by atoms with Gasteiger partial charge in [0.1, 0.15) is 11.4 Å². The van der Waals surface area contributed by atoms with Crippen molar-refractivity contribution in [2.24, 2.45) is 0 Å². The zero-order chi connectivity index (χ0) is 23.8. The van der Waals surface area contributed by atoms with Crippen molar-refractivity contribution in [1.29, 1.82) is 0 Å². The molecular weight excluding hydrogens is 420 g/mol. The molecule has 0 fully saturated rings. The minimum atomic E-state index is -0.348. The van der Waals surface area contributed by atoms with E-state index in [2.05, 4.69) is 0 Å². The van der Waals surface area contributed by atoms with Crippen LogP contribution >= 0.6 is 0 Å². The van der Waals surface area contributed by atoms with E-state index in [1.165, 1.54) is 4.90 Å². The Labute approximate surface area is 195 Å². The molecule has 33 heavy (non-hydrogen) atoms. The summed E-state index contributed by atoms with van der Waals surface area (Å²) >= 11 is 0. The number of amides is 2. The first-order valence-electron chi connectivity index (χ1n) is 11.2. The molecular formula is C26H32N2O5. The molecule has 0 bridgehead atoms. The summed E-state index contributed by atoms with van der Waals surface area (Å²) in [5.41, 5.74) is 2.92. The van der Waals surface area contributed by atoms with Crippen LogP contribution in [0.15, 0.2) is 54.2 Å². The van der Waals surface area contributed by atoms with E-state index in [1.807, 2.05) is 61.2 Å². The Balaban J connectivity index is 2.07. The third-order valence-electron chi connectivity index (χ3n) is 5.38. The Kier molecular flexibility index (Phi) is 8.63. The van der Waals surface area contributed by atoms with Crippen LogP contribution in [-0.4, -0.2) is 63.8 Å². The number of anilines is 1. The van der Waals surface area contributed by atoms with E-state index < -0.39 is 0 Å². The van der Waals surface area contributed by atoms with E-state index in [4.69, 9.17) is 14.2 Å². The summed E-state index contributed by atoms with van der Waals surface area (Å²) in [4.78, 5) is 30.5. The third-order valence-corrected chi connectivity index (χ3v) is 5.38. The molecule has 0 spiro atoms. The summed E-state index contributed by atoms with van der Waals surface area (Å²) in [6.07, 6.45) is 0.906. The van der Waals surface area contributed by atoms with Crippen molar-refractivity contribution >= 4 is 23.1 Å². The third kappa shape index (κ3) is 5.61. The van der Waals surface area contributed by atoms with Crippen molar-refractivity contribution < 1.29 is 23.8 Å². The monoisotopic (exact) mass is 452 g/mol. The summed E-state index contributed by atoms with van der Waals surface area (Å²) in [6, 6.07) is 14.7. The maximum Gasteiger partial charge on any atom is 0.282 e. The lowest BCUT2D eigenvalue weighted by atomic mass is 10.0. The molecule has 2 aromatic carbocycles. The van der Waals surface area contributed by atoms with Gasteiger partial charge in [-0.25, -0.2) is 4.90 Å². The second-order valence-corrected chi connectivity index (χ2v) is 7.85. The van der Waals surface area contributed by atoms with Crippen LogP contribution in [0.5, 0.6) is 5.75 Å². The number of methoxy groups -OCH3 is 2. The van der Waals surface area contributed by atoms with Gasteiger partial charge in [-0.2, -0.15) is 0 Å². The van der Waals surface area contributed by atoms with Gasteiger partial charge in [0, 0.05) is 27.3 Å². The highest BCUT2D eigenvalue weighted by Gasteiger charge is 2.42. The average molecular weight is 453 g/mol. The number of ether oxygens (including phenoxy) is 3. The molecule has 0 saturated heterocycles. The number of nitrogens with zero attached hydrogens (tertiary/aromatic N) is 2. The topological polar surface area (TPSA) is 68.3 Å². The summed E-state index contributed by atoms with van der Waals surface area (Å²) in [5.74, 6) is 0.0347. The van der Waals surface area contributed by atoms with Crippen molar-refractivity contribution in [2.45, 2.75) is 20.3 Å². The minimum absolute atomic E-state index is 0.345. The zero-order valence-electron chi connectivity index (χ0n) is 19.8. The van der Waals surface area contributed by atoms with Crippen LogP contribution in [-0.2, 0) is 19.1 Å². The van der Waals surface area contributed by atoms with Gasteiger partial charge < -0.3 is 19.1 Å². The van der Waals surface area contributed by atoms with Crippen molar-refractivity contribution in [1.82, 2.24) is 4.90 Å². The summed E-state index contributed by atoms with van der Waals surface area (Å²) in [5, 5.41) is 0. The summed E-state index contributed by atoms with van der Waals surface area (Å²) in [6.45, 7) is 6.33. The number of imide groups is 1. The van der Waals surface area contributed by atoms with Crippen LogP contribution in [0.1, 0.15) is 24.5 Å². The fourth-order valence-electron chi connectivity index (χ4n) is 3.75. The quantitative estimate of drug-likeness (QED) is 0.458. The fourth-order valence-corrected chi connectivity index (χ4v) is 3.75. The lowest BCUT2D eigenvalue weighted by Crippen LogP contribution is -2.37. The van der Waals surface area contributed by atoms with Gasteiger partial charge in [-0.05, 0) is 48.7 Å². The molecule has 0 atom stereocenters. The zero-order valence-corrected chi connectivity index (χ0v) is 19.8. The molecule has 0 radical (unpaired) electrons. The first kappa shape index (κ1) is 24.5. The van der Waals surface area contributed by atoms with Crippen LogP contribution in [0.4, 0.5) is 5.69 Å². The van der Waals surface area contributed by atoms with Gasteiger partial charge in [0.2, 0.25) is 0 Å². The first-order valence-corrected chi connectivity index (χ1v) is 11.2. The van der Waals surface area contributed by atoms with E-state index in [0.29, 0.717) is 55.4 Å². The van der Waals surface area contributed by atoms with E-state index >= 15 is 0 Å². The van der Waals surface area contributed by atoms with Crippen molar-refractivity contribution in [2.75, 3.05) is 52.0 Å². The smallest absolute Gasteiger partial charge is 0.282 e. The maximum atomic E-state index is 13.7. The Morgan fingerprint density at radius 2 is 1.55 bits per heavy atom. The number of hydrogen-bond acceptors (Lipinski definition) is 6. The SMILES string of the molecule is CCCOc1ccc(C2=C(N(CCOC)CCOC)C(=O)N(c3cccc(C)c3)C2=O)cc1. The number of carbonyl (C=O) groups excluding carboxylic acids is 2. The van der Waals surface area contributed by atoms with Crippen LogP contribution in [0, 0.1) is 6.92 Å². The molecule has 0 saturated carbocycles. The Hall–Kier alpha value is -3.16.